The van der Waals surface area contributed by atoms with Gasteiger partial charge in [0.15, 0.2) is 0 Å². The highest BCUT2D eigenvalue weighted by Gasteiger charge is 2.29. The van der Waals surface area contributed by atoms with Crippen molar-refractivity contribution in [3.05, 3.63) is 59.2 Å². The number of carbonyl (C=O) groups is 2. The molecule has 7 nitrogen and oxygen atoms in total. The zero-order valence-electron chi connectivity index (χ0n) is 25.0. The van der Waals surface area contributed by atoms with Crippen LogP contribution in [-0.2, 0) is 17.7 Å². The average Bonchev–Trinajstić information content (AvgIpc) is 3.60. The Morgan fingerprint density at radius 2 is 1.90 bits per heavy atom. The first-order valence-corrected chi connectivity index (χ1v) is 16.0. The van der Waals surface area contributed by atoms with Gasteiger partial charge in [0.25, 0.3) is 5.91 Å². The Balaban J connectivity index is 1.33. The molecule has 1 aliphatic heterocycles. The summed E-state index contributed by atoms with van der Waals surface area (Å²) < 4.78 is 8.99. The highest BCUT2D eigenvalue weighted by atomic mass is 32.1. The number of nitrogens with zero attached hydrogens (tertiary/aromatic N) is 2. The Bertz CT molecular complexity index is 1640. The van der Waals surface area contributed by atoms with E-state index in [1.54, 1.807) is 11.3 Å². The fraction of sp³-hybridized carbons (Fsp3) is 0.471. The number of hydrogen-bond acceptors (Lipinski definition) is 5. The van der Waals surface area contributed by atoms with Crippen LogP contribution in [0.25, 0.3) is 31.6 Å². The summed E-state index contributed by atoms with van der Waals surface area (Å²) in [5.41, 5.74) is 4.77. The molecule has 2 aromatic heterocycles. The monoisotopic (exact) mass is 587 g/mol. The third kappa shape index (κ3) is 5.92. The lowest BCUT2D eigenvalue weighted by Gasteiger charge is -2.33. The van der Waals surface area contributed by atoms with Gasteiger partial charge in [-0.15, -0.1) is 11.3 Å². The van der Waals surface area contributed by atoms with Gasteiger partial charge >= 0.3 is 6.09 Å². The van der Waals surface area contributed by atoms with Gasteiger partial charge in [-0.2, -0.15) is 0 Å². The number of ether oxygens (including phenoxy) is 1. The van der Waals surface area contributed by atoms with Gasteiger partial charge in [-0.25, -0.2) is 4.79 Å². The second-order valence-corrected chi connectivity index (χ2v) is 14.0. The lowest BCUT2D eigenvalue weighted by Crippen LogP contribution is -2.50. The van der Waals surface area contributed by atoms with Crippen LogP contribution in [0, 0.1) is 12.8 Å². The van der Waals surface area contributed by atoms with E-state index in [1.165, 1.54) is 39.9 Å². The summed E-state index contributed by atoms with van der Waals surface area (Å²) in [6.45, 7) is 9.83. The molecule has 222 valence electrons. The van der Waals surface area contributed by atoms with E-state index in [-0.39, 0.29) is 18.6 Å². The van der Waals surface area contributed by atoms with Crippen LogP contribution in [0.1, 0.15) is 67.9 Å². The number of alkyl carbamates (subject to hydrolysis) is 1. The summed E-state index contributed by atoms with van der Waals surface area (Å²) in [4.78, 5) is 29.3. The molecule has 2 amide bonds. The molecule has 1 saturated carbocycles. The van der Waals surface area contributed by atoms with Crippen LogP contribution in [-0.4, -0.2) is 57.9 Å². The molecule has 8 heteroatoms. The van der Waals surface area contributed by atoms with Crippen LogP contribution >= 0.6 is 11.3 Å². The number of benzene rings is 2. The first-order chi connectivity index (χ1) is 20.1. The maximum absolute atomic E-state index is 13.8. The molecule has 1 atom stereocenters. The van der Waals surface area contributed by atoms with Crippen molar-refractivity contribution in [2.24, 2.45) is 5.92 Å². The van der Waals surface area contributed by atoms with Crippen LogP contribution in [0.2, 0.25) is 0 Å². The van der Waals surface area contributed by atoms with Gasteiger partial charge in [0.05, 0.1) is 10.6 Å². The van der Waals surface area contributed by atoms with E-state index < -0.39 is 11.7 Å². The minimum absolute atomic E-state index is 0.0188. The Labute approximate surface area is 251 Å². The van der Waals surface area contributed by atoms with Crippen molar-refractivity contribution >= 4 is 44.3 Å². The highest BCUT2D eigenvalue weighted by Crippen LogP contribution is 2.44. The first kappa shape index (κ1) is 28.7. The molecule has 2 aromatic carbocycles. The number of aromatic nitrogens is 1. The summed E-state index contributed by atoms with van der Waals surface area (Å²) in [6, 6.07) is 14.7. The Morgan fingerprint density at radius 3 is 2.64 bits per heavy atom. The number of aliphatic hydroxyl groups excluding tert-OH is 1. The fourth-order valence-electron chi connectivity index (χ4n) is 6.25. The normalized spacial score (nSPS) is 17.6. The number of likely N-dealkylation sites (tertiary alicyclic amines) is 1. The van der Waals surface area contributed by atoms with E-state index in [0.717, 1.165) is 41.0 Å². The average molecular weight is 588 g/mol. The zero-order valence-corrected chi connectivity index (χ0v) is 25.9. The first-order valence-electron chi connectivity index (χ1n) is 15.2. The van der Waals surface area contributed by atoms with Crippen molar-refractivity contribution in [2.75, 3.05) is 19.7 Å². The number of aliphatic hydroxyl groups is 1. The summed E-state index contributed by atoms with van der Waals surface area (Å²) >= 11 is 1.74. The molecule has 3 heterocycles. The maximum Gasteiger partial charge on any atom is 0.407 e. The zero-order chi connectivity index (χ0) is 29.6. The number of amides is 2. The smallest absolute Gasteiger partial charge is 0.407 e. The van der Waals surface area contributed by atoms with Crippen molar-refractivity contribution in [3.63, 3.8) is 0 Å². The quantitative estimate of drug-likeness (QED) is 0.246. The maximum atomic E-state index is 13.8. The number of para-hydroxylation sites is 1. The molecule has 1 saturated heterocycles. The highest BCUT2D eigenvalue weighted by molar-refractivity contribution is 7.22. The summed E-state index contributed by atoms with van der Waals surface area (Å²) in [7, 11) is 0. The van der Waals surface area contributed by atoms with Crippen molar-refractivity contribution in [1.29, 1.82) is 0 Å². The summed E-state index contributed by atoms with van der Waals surface area (Å²) in [5.74, 6) is 0.698. The molecule has 0 spiro atoms. The Kier molecular flexibility index (Phi) is 7.79. The molecule has 0 bridgehead atoms. The summed E-state index contributed by atoms with van der Waals surface area (Å²) in [6.07, 6.45) is 4.23. The minimum Gasteiger partial charge on any atom is -0.444 e. The lowest BCUT2D eigenvalue weighted by molar-refractivity contribution is 0.0452. The van der Waals surface area contributed by atoms with E-state index in [9.17, 15) is 14.7 Å². The molecule has 4 aromatic rings. The topological polar surface area (TPSA) is 83.8 Å². The van der Waals surface area contributed by atoms with E-state index in [0.29, 0.717) is 25.1 Å². The van der Waals surface area contributed by atoms with Crippen LogP contribution in [0.3, 0.4) is 0 Å². The Morgan fingerprint density at radius 1 is 1.12 bits per heavy atom. The fourth-order valence-corrected chi connectivity index (χ4v) is 7.58. The van der Waals surface area contributed by atoms with Crippen molar-refractivity contribution < 1.29 is 19.4 Å². The largest absolute Gasteiger partial charge is 0.444 e. The molecule has 2 N–H and O–H groups in total. The third-order valence-electron chi connectivity index (χ3n) is 8.35. The molecule has 6 rings (SSSR count). The van der Waals surface area contributed by atoms with Crippen LogP contribution in [0.5, 0.6) is 0 Å². The number of fused-ring (bicyclic) bond motifs is 2. The van der Waals surface area contributed by atoms with Crippen molar-refractivity contribution in [1.82, 2.24) is 14.8 Å². The molecular weight excluding hydrogens is 546 g/mol. The van der Waals surface area contributed by atoms with E-state index in [2.05, 4.69) is 47.1 Å². The van der Waals surface area contributed by atoms with Gasteiger partial charge in [-0.1, -0.05) is 18.2 Å². The lowest BCUT2D eigenvalue weighted by atomic mass is 9.98. The van der Waals surface area contributed by atoms with Crippen LogP contribution < -0.4 is 5.32 Å². The number of hydrogen-bond donors (Lipinski definition) is 2. The summed E-state index contributed by atoms with van der Waals surface area (Å²) in [5, 5.41) is 15.3. The van der Waals surface area contributed by atoms with E-state index >= 15 is 0 Å². The predicted octanol–water partition coefficient (Wildman–Crippen LogP) is 6.91. The number of rotatable bonds is 7. The number of thiophene rings is 1. The standard InChI is InChI=1S/C34H41N3O4S/c1-21-30-24(13-15-38)16-25(32(39)36-14-7-9-26(20-36)35-33(40)41-34(2,3)4)18-29(30)42-31(21)28-17-23-8-5-6-10-27(23)37(28)19-22-11-12-22/h5-6,8,10,16-18,22,26,38H,7,9,11-15,19-20H2,1-4H3,(H,35,40)/t26-/m1/s1. The van der Waals surface area contributed by atoms with Gasteiger partial charge < -0.3 is 24.6 Å². The molecular formula is C34H41N3O4S. The van der Waals surface area contributed by atoms with Crippen molar-refractivity contribution in [3.8, 4) is 10.6 Å². The van der Waals surface area contributed by atoms with Gasteiger partial charge in [-0.3, -0.25) is 4.79 Å². The number of carbonyl (C=O) groups excluding carboxylic acids is 2. The number of aryl methyl sites for hydroxylation is 1. The number of piperidine rings is 1. The van der Waals surface area contributed by atoms with Gasteiger partial charge in [0, 0.05) is 53.4 Å². The van der Waals surface area contributed by atoms with Gasteiger partial charge in [0.2, 0.25) is 0 Å². The number of nitrogens with one attached hydrogen (secondary N) is 1. The van der Waals surface area contributed by atoms with Crippen LogP contribution in [0.4, 0.5) is 4.79 Å². The molecule has 42 heavy (non-hydrogen) atoms. The van der Waals surface area contributed by atoms with E-state index in [4.69, 9.17) is 4.74 Å². The molecule has 2 fully saturated rings. The minimum atomic E-state index is -0.573. The molecule has 1 aliphatic carbocycles. The molecule has 0 unspecified atom stereocenters. The second kappa shape index (κ2) is 11.4. The van der Waals surface area contributed by atoms with Crippen LogP contribution in [0.15, 0.2) is 42.5 Å². The van der Waals surface area contributed by atoms with E-state index in [1.807, 2.05) is 37.8 Å². The van der Waals surface area contributed by atoms with Crippen molar-refractivity contribution in [2.45, 2.75) is 78.0 Å². The molecule has 0 radical (unpaired) electrons. The SMILES string of the molecule is Cc1c(-c2cc3ccccc3n2CC2CC2)sc2cc(C(=O)N3CCC[C@@H](NC(=O)OC(C)(C)C)C3)cc(CCO)c12. The predicted molar refractivity (Wildman–Crippen MR) is 169 cm³/mol. The second-order valence-electron chi connectivity index (χ2n) is 12.9. The third-order valence-corrected chi connectivity index (χ3v) is 9.61. The Hall–Kier alpha value is -3.36. The molecule has 2 aliphatic rings. The van der Waals surface area contributed by atoms with Gasteiger partial charge in [0.1, 0.15) is 5.60 Å². The van der Waals surface area contributed by atoms with Gasteiger partial charge in [-0.05, 0) is 106 Å².